The van der Waals surface area contributed by atoms with Crippen LogP contribution in [0, 0.1) is 13.8 Å². The summed E-state index contributed by atoms with van der Waals surface area (Å²) in [5.74, 6) is 1.98. The molecule has 1 aliphatic carbocycles. The van der Waals surface area contributed by atoms with Crippen molar-refractivity contribution in [1.82, 2.24) is 9.97 Å². The Morgan fingerprint density at radius 1 is 1.14 bits per heavy atom. The van der Waals surface area contributed by atoms with Gasteiger partial charge in [-0.2, -0.15) is 4.98 Å². The van der Waals surface area contributed by atoms with Gasteiger partial charge in [0.25, 0.3) is 0 Å². The van der Waals surface area contributed by atoms with Gasteiger partial charge in [-0.3, -0.25) is 0 Å². The summed E-state index contributed by atoms with van der Waals surface area (Å²) in [5, 5.41) is 3.37. The fraction of sp³-hybridized carbons (Fsp3) is 0.375. The van der Waals surface area contributed by atoms with Gasteiger partial charge in [0.15, 0.2) is 0 Å². The molecule has 3 rings (SSSR count). The highest BCUT2D eigenvalue weighted by atomic mass is 16.5. The first-order valence-corrected chi connectivity index (χ1v) is 7.13. The van der Waals surface area contributed by atoms with Crippen LogP contribution in [0.15, 0.2) is 18.2 Å². The highest BCUT2D eigenvalue weighted by Crippen LogP contribution is 2.31. The Bertz CT molecular complexity index is 680. The second-order valence-corrected chi connectivity index (χ2v) is 5.55. The molecular weight excluding hydrogens is 264 g/mol. The third kappa shape index (κ3) is 2.91. The lowest BCUT2D eigenvalue weighted by atomic mass is 10.0. The van der Waals surface area contributed by atoms with Gasteiger partial charge in [0.1, 0.15) is 11.6 Å². The Kier molecular flexibility index (Phi) is 3.41. The minimum absolute atomic E-state index is 0.295. The first kappa shape index (κ1) is 13.7. The van der Waals surface area contributed by atoms with E-state index in [-0.39, 0.29) is 0 Å². The number of nitrogens with zero attached hydrogens (tertiary/aromatic N) is 2. The van der Waals surface area contributed by atoms with Gasteiger partial charge in [0.2, 0.25) is 5.95 Å². The molecule has 1 aromatic carbocycles. The van der Waals surface area contributed by atoms with Crippen LogP contribution in [0.4, 0.5) is 11.8 Å². The SMILES string of the molecule is COc1cc(C)c(-c2cc(NC3CC3)nc(N)n2)cc1C. The Balaban J connectivity index is 2.02. The standard InChI is InChI=1S/C16H20N4O/c1-9-7-14(21-3)10(2)6-12(9)13-8-15(18-11-4-5-11)20-16(17)19-13/h6-8,11H,4-5H2,1-3H3,(H3,17,18,19,20). The summed E-state index contributed by atoms with van der Waals surface area (Å²) in [6, 6.07) is 6.60. The zero-order valence-electron chi connectivity index (χ0n) is 12.6. The Morgan fingerprint density at radius 2 is 1.90 bits per heavy atom. The van der Waals surface area contributed by atoms with Crippen molar-refractivity contribution in [3.63, 3.8) is 0 Å². The first-order valence-electron chi connectivity index (χ1n) is 7.13. The average Bonchev–Trinajstić information content (AvgIpc) is 3.24. The van der Waals surface area contributed by atoms with Crippen molar-refractivity contribution in [3.05, 3.63) is 29.3 Å². The van der Waals surface area contributed by atoms with E-state index >= 15 is 0 Å². The molecular formula is C16H20N4O. The van der Waals surface area contributed by atoms with Crippen LogP contribution in [-0.4, -0.2) is 23.1 Å². The fourth-order valence-corrected chi connectivity index (χ4v) is 2.40. The molecule has 5 nitrogen and oxygen atoms in total. The molecule has 1 fully saturated rings. The second-order valence-electron chi connectivity index (χ2n) is 5.55. The largest absolute Gasteiger partial charge is 0.496 e. The zero-order chi connectivity index (χ0) is 15.0. The summed E-state index contributed by atoms with van der Waals surface area (Å²) in [7, 11) is 1.68. The topological polar surface area (TPSA) is 73.1 Å². The molecule has 5 heteroatoms. The number of benzene rings is 1. The van der Waals surface area contributed by atoms with Crippen molar-refractivity contribution in [2.45, 2.75) is 32.7 Å². The van der Waals surface area contributed by atoms with E-state index in [4.69, 9.17) is 10.5 Å². The molecule has 0 bridgehead atoms. The number of hydrogen-bond donors (Lipinski definition) is 2. The van der Waals surface area contributed by atoms with E-state index in [1.165, 1.54) is 12.8 Å². The van der Waals surface area contributed by atoms with Crippen LogP contribution in [0.3, 0.4) is 0 Å². The number of aryl methyl sites for hydroxylation is 2. The van der Waals surface area contributed by atoms with Crippen LogP contribution >= 0.6 is 0 Å². The van der Waals surface area contributed by atoms with Gasteiger partial charge in [0, 0.05) is 17.7 Å². The Morgan fingerprint density at radius 3 is 2.57 bits per heavy atom. The van der Waals surface area contributed by atoms with Crippen molar-refractivity contribution < 1.29 is 4.74 Å². The monoisotopic (exact) mass is 284 g/mol. The molecule has 1 heterocycles. The number of methoxy groups -OCH3 is 1. The van der Waals surface area contributed by atoms with Crippen LogP contribution in [0.5, 0.6) is 5.75 Å². The molecule has 1 aromatic heterocycles. The third-order valence-corrected chi connectivity index (χ3v) is 3.69. The van der Waals surface area contributed by atoms with E-state index in [2.05, 4.69) is 21.4 Å². The average molecular weight is 284 g/mol. The molecule has 0 aliphatic heterocycles. The Labute approximate surface area is 124 Å². The predicted molar refractivity (Wildman–Crippen MR) is 84.6 cm³/mol. The van der Waals surface area contributed by atoms with Gasteiger partial charge in [-0.1, -0.05) is 0 Å². The van der Waals surface area contributed by atoms with Crippen molar-refractivity contribution >= 4 is 11.8 Å². The second kappa shape index (κ2) is 5.24. The summed E-state index contributed by atoms with van der Waals surface area (Å²) < 4.78 is 5.36. The summed E-state index contributed by atoms with van der Waals surface area (Å²) >= 11 is 0. The maximum atomic E-state index is 5.85. The predicted octanol–water partition coefficient (Wildman–Crippen LogP) is 2.93. The molecule has 1 saturated carbocycles. The van der Waals surface area contributed by atoms with Crippen molar-refractivity contribution in [1.29, 1.82) is 0 Å². The quantitative estimate of drug-likeness (QED) is 0.903. The molecule has 0 amide bonds. The number of nitrogens with two attached hydrogens (primary N) is 1. The maximum Gasteiger partial charge on any atom is 0.222 e. The maximum absolute atomic E-state index is 5.85. The van der Waals surface area contributed by atoms with Crippen LogP contribution in [0.2, 0.25) is 0 Å². The van der Waals surface area contributed by atoms with Gasteiger partial charge in [-0.15, -0.1) is 0 Å². The van der Waals surface area contributed by atoms with E-state index in [0.29, 0.717) is 12.0 Å². The van der Waals surface area contributed by atoms with Crippen LogP contribution in [-0.2, 0) is 0 Å². The molecule has 0 unspecified atom stereocenters. The number of anilines is 2. The lowest BCUT2D eigenvalue weighted by Gasteiger charge is -2.12. The summed E-state index contributed by atoms with van der Waals surface area (Å²) in [6.07, 6.45) is 2.39. The number of aromatic nitrogens is 2. The van der Waals surface area contributed by atoms with Gasteiger partial charge in [-0.05, 0) is 49.9 Å². The van der Waals surface area contributed by atoms with E-state index in [0.717, 1.165) is 34.0 Å². The number of nitrogen functional groups attached to an aromatic ring is 1. The summed E-state index contributed by atoms with van der Waals surface area (Å²) in [5.41, 5.74) is 9.93. The van der Waals surface area contributed by atoms with Gasteiger partial charge < -0.3 is 15.8 Å². The highest BCUT2D eigenvalue weighted by Gasteiger charge is 2.22. The zero-order valence-corrected chi connectivity index (χ0v) is 12.6. The molecule has 110 valence electrons. The Hall–Kier alpha value is -2.30. The molecule has 0 saturated heterocycles. The lowest BCUT2D eigenvalue weighted by molar-refractivity contribution is 0.411. The molecule has 0 atom stereocenters. The van der Waals surface area contributed by atoms with E-state index in [1.807, 2.05) is 26.0 Å². The molecule has 1 aliphatic rings. The van der Waals surface area contributed by atoms with Gasteiger partial charge >= 0.3 is 0 Å². The normalized spacial score (nSPS) is 14.0. The molecule has 2 aromatic rings. The van der Waals surface area contributed by atoms with E-state index in [1.54, 1.807) is 7.11 Å². The smallest absolute Gasteiger partial charge is 0.222 e. The van der Waals surface area contributed by atoms with E-state index in [9.17, 15) is 0 Å². The first-order chi connectivity index (χ1) is 10.1. The number of hydrogen-bond acceptors (Lipinski definition) is 5. The lowest BCUT2D eigenvalue weighted by Crippen LogP contribution is -2.06. The molecule has 0 spiro atoms. The van der Waals surface area contributed by atoms with Crippen molar-refractivity contribution in [2.24, 2.45) is 0 Å². The van der Waals surface area contributed by atoms with E-state index < -0.39 is 0 Å². The van der Waals surface area contributed by atoms with Gasteiger partial charge in [0.05, 0.1) is 12.8 Å². The summed E-state index contributed by atoms with van der Waals surface area (Å²) in [4.78, 5) is 8.63. The highest BCUT2D eigenvalue weighted by molar-refractivity contribution is 5.69. The fourth-order valence-electron chi connectivity index (χ4n) is 2.40. The minimum Gasteiger partial charge on any atom is -0.496 e. The van der Waals surface area contributed by atoms with Crippen molar-refractivity contribution in [3.8, 4) is 17.0 Å². The third-order valence-electron chi connectivity index (χ3n) is 3.69. The summed E-state index contributed by atoms with van der Waals surface area (Å²) in [6.45, 7) is 4.07. The van der Waals surface area contributed by atoms with Crippen molar-refractivity contribution in [2.75, 3.05) is 18.2 Å². The molecule has 21 heavy (non-hydrogen) atoms. The van der Waals surface area contributed by atoms with Gasteiger partial charge in [-0.25, -0.2) is 4.98 Å². The molecule has 3 N–H and O–H groups in total. The molecule has 0 radical (unpaired) electrons. The van der Waals surface area contributed by atoms with Crippen LogP contribution in [0.1, 0.15) is 24.0 Å². The van der Waals surface area contributed by atoms with Crippen LogP contribution < -0.4 is 15.8 Å². The number of ether oxygens (including phenoxy) is 1. The van der Waals surface area contributed by atoms with Crippen LogP contribution in [0.25, 0.3) is 11.3 Å². The number of rotatable bonds is 4. The number of nitrogens with one attached hydrogen (secondary N) is 1. The minimum atomic E-state index is 0.295.